The second-order valence-corrected chi connectivity index (χ2v) is 2.91. The van der Waals surface area contributed by atoms with Crippen LogP contribution in [0.1, 0.15) is 26.7 Å². The zero-order valence-corrected chi connectivity index (χ0v) is 7.79. The molecule has 2 atom stereocenters. The highest BCUT2D eigenvalue weighted by molar-refractivity contribution is 4.87. The third-order valence-corrected chi connectivity index (χ3v) is 1.78. The third kappa shape index (κ3) is 4.32. The normalized spacial score (nSPS) is 15.2. The minimum atomic E-state index is -0.364. The summed E-state index contributed by atoms with van der Waals surface area (Å²) < 4.78 is 5.14. The van der Waals surface area contributed by atoms with Crippen LogP contribution in [-0.2, 0) is 4.74 Å². The molecule has 12 heavy (non-hydrogen) atoms. The maximum Gasteiger partial charge on any atom is 0.146 e. The van der Waals surface area contributed by atoms with Crippen molar-refractivity contribution in [3.63, 3.8) is 0 Å². The molecule has 0 aliphatic rings. The van der Waals surface area contributed by atoms with Gasteiger partial charge in [0.15, 0.2) is 0 Å². The molecule has 0 heterocycles. The van der Waals surface area contributed by atoms with E-state index in [9.17, 15) is 0 Å². The molecule has 0 aromatic rings. The molecule has 0 aliphatic heterocycles. The first kappa shape index (κ1) is 11.4. The molecular weight excluding hydrogens is 154 g/mol. The lowest BCUT2D eigenvalue weighted by atomic mass is 10.0. The second-order valence-electron chi connectivity index (χ2n) is 2.91. The van der Waals surface area contributed by atoms with Gasteiger partial charge in [-0.2, -0.15) is 5.26 Å². The highest BCUT2D eigenvalue weighted by atomic mass is 16.5. The first-order chi connectivity index (χ1) is 5.76. The van der Waals surface area contributed by atoms with Crippen LogP contribution in [0.2, 0.25) is 0 Å². The van der Waals surface area contributed by atoms with Gasteiger partial charge in [0.2, 0.25) is 0 Å². The molecule has 2 unspecified atom stereocenters. The van der Waals surface area contributed by atoms with Crippen LogP contribution in [0, 0.1) is 17.2 Å². The van der Waals surface area contributed by atoms with Gasteiger partial charge in [-0.25, -0.2) is 0 Å². The summed E-state index contributed by atoms with van der Waals surface area (Å²) in [4.78, 5) is 0. The summed E-state index contributed by atoms with van der Waals surface area (Å²) in [5, 5.41) is 17.2. The van der Waals surface area contributed by atoms with Gasteiger partial charge >= 0.3 is 0 Å². The minimum Gasteiger partial charge on any atom is -0.394 e. The van der Waals surface area contributed by atoms with Gasteiger partial charge in [0, 0.05) is 0 Å². The first-order valence-corrected chi connectivity index (χ1v) is 4.38. The molecule has 70 valence electrons. The van der Waals surface area contributed by atoms with Gasteiger partial charge < -0.3 is 9.84 Å². The highest BCUT2D eigenvalue weighted by Crippen LogP contribution is 2.12. The Kier molecular flexibility index (Phi) is 6.73. The average Bonchev–Trinajstić information content (AvgIpc) is 2.06. The number of hydrogen-bond donors (Lipinski definition) is 1. The average molecular weight is 171 g/mol. The van der Waals surface area contributed by atoms with Crippen LogP contribution in [-0.4, -0.2) is 24.4 Å². The highest BCUT2D eigenvalue weighted by Gasteiger charge is 2.15. The molecule has 3 nitrogen and oxygen atoms in total. The van der Waals surface area contributed by atoms with Crippen LogP contribution in [0.4, 0.5) is 0 Å². The maximum absolute atomic E-state index is 8.69. The Morgan fingerprint density at radius 1 is 1.58 bits per heavy atom. The third-order valence-electron chi connectivity index (χ3n) is 1.78. The Morgan fingerprint density at radius 2 is 2.25 bits per heavy atom. The Labute approximate surface area is 74.0 Å². The van der Waals surface area contributed by atoms with Gasteiger partial charge in [-0.05, 0) is 12.3 Å². The van der Waals surface area contributed by atoms with E-state index in [4.69, 9.17) is 15.1 Å². The van der Waals surface area contributed by atoms with Gasteiger partial charge in [-0.1, -0.05) is 20.3 Å². The van der Waals surface area contributed by atoms with Gasteiger partial charge in [-0.15, -0.1) is 0 Å². The van der Waals surface area contributed by atoms with Crippen LogP contribution in [0.15, 0.2) is 0 Å². The molecule has 1 N–H and O–H groups in total. The van der Waals surface area contributed by atoms with E-state index in [0.717, 1.165) is 12.8 Å². The number of rotatable bonds is 6. The molecule has 0 spiro atoms. The van der Waals surface area contributed by atoms with E-state index in [0.29, 0.717) is 0 Å². The fraction of sp³-hybridized carbons (Fsp3) is 0.889. The van der Waals surface area contributed by atoms with Crippen molar-refractivity contribution < 1.29 is 9.84 Å². The molecule has 0 bridgehead atoms. The number of nitriles is 1. The summed E-state index contributed by atoms with van der Waals surface area (Å²) in [6, 6.07) is 2.09. The monoisotopic (exact) mass is 171 g/mol. The molecular formula is C9H17NO2. The van der Waals surface area contributed by atoms with Crippen molar-refractivity contribution in [2.24, 2.45) is 5.92 Å². The smallest absolute Gasteiger partial charge is 0.146 e. The fourth-order valence-electron chi connectivity index (χ4n) is 1.12. The largest absolute Gasteiger partial charge is 0.394 e. The summed E-state index contributed by atoms with van der Waals surface area (Å²) in [5.74, 6) is 0.256. The molecule has 0 radical (unpaired) electrons. The minimum absolute atomic E-state index is 0.0168. The Balaban J connectivity index is 3.73. The van der Waals surface area contributed by atoms with Gasteiger partial charge in [0.1, 0.15) is 6.10 Å². The van der Waals surface area contributed by atoms with Crippen LogP contribution in [0.5, 0.6) is 0 Å². The van der Waals surface area contributed by atoms with Gasteiger partial charge in [0.25, 0.3) is 0 Å². The molecule has 0 amide bonds. The lowest BCUT2D eigenvalue weighted by Crippen LogP contribution is -2.21. The predicted octanol–water partition coefficient (Wildman–Crippen LogP) is 1.32. The van der Waals surface area contributed by atoms with Crippen molar-refractivity contribution in [3.05, 3.63) is 0 Å². The summed E-state index contributed by atoms with van der Waals surface area (Å²) in [7, 11) is 0. The van der Waals surface area contributed by atoms with Crippen LogP contribution in [0.25, 0.3) is 0 Å². The van der Waals surface area contributed by atoms with Crippen molar-refractivity contribution >= 4 is 0 Å². The quantitative estimate of drug-likeness (QED) is 0.655. The number of aliphatic hydroxyl groups is 1. The van der Waals surface area contributed by atoms with E-state index in [2.05, 4.69) is 13.0 Å². The number of nitrogens with zero attached hydrogens (tertiary/aromatic N) is 1. The van der Waals surface area contributed by atoms with Crippen molar-refractivity contribution in [3.8, 4) is 6.07 Å². The fourth-order valence-corrected chi connectivity index (χ4v) is 1.12. The van der Waals surface area contributed by atoms with Crippen LogP contribution in [0.3, 0.4) is 0 Å². The van der Waals surface area contributed by atoms with E-state index in [-0.39, 0.29) is 25.2 Å². The molecule has 0 aromatic carbocycles. The lowest BCUT2D eigenvalue weighted by molar-refractivity contribution is 0.0290. The summed E-state index contributed by atoms with van der Waals surface area (Å²) in [5.41, 5.74) is 0. The van der Waals surface area contributed by atoms with E-state index in [1.165, 1.54) is 0 Å². The molecule has 0 fully saturated rings. The summed E-state index contributed by atoms with van der Waals surface area (Å²) in [6.45, 7) is 4.31. The summed E-state index contributed by atoms with van der Waals surface area (Å²) in [6.07, 6.45) is 1.68. The number of ether oxygens (including phenoxy) is 1. The van der Waals surface area contributed by atoms with Crippen molar-refractivity contribution in [1.29, 1.82) is 5.26 Å². The van der Waals surface area contributed by atoms with E-state index in [1.807, 2.05) is 6.92 Å². The number of aliphatic hydroxyl groups excluding tert-OH is 1. The zero-order chi connectivity index (χ0) is 9.40. The van der Waals surface area contributed by atoms with E-state index in [1.54, 1.807) is 0 Å². The van der Waals surface area contributed by atoms with E-state index < -0.39 is 0 Å². The predicted molar refractivity (Wildman–Crippen MR) is 46.5 cm³/mol. The van der Waals surface area contributed by atoms with Crippen molar-refractivity contribution in [2.45, 2.75) is 32.8 Å². The van der Waals surface area contributed by atoms with Crippen LogP contribution < -0.4 is 0 Å². The number of hydrogen-bond acceptors (Lipinski definition) is 3. The second kappa shape index (κ2) is 7.08. The Morgan fingerprint density at radius 3 is 2.67 bits per heavy atom. The lowest BCUT2D eigenvalue weighted by Gasteiger charge is -2.16. The molecule has 0 aliphatic carbocycles. The van der Waals surface area contributed by atoms with Crippen LogP contribution >= 0.6 is 0 Å². The van der Waals surface area contributed by atoms with Crippen molar-refractivity contribution in [2.75, 3.05) is 13.2 Å². The molecule has 3 heteroatoms. The first-order valence-electron chi connectivity index (χ1n) is 4.38. The molecule has 0 rings (SSSR count). The van der Waals surface area contributed by atoms with Crippen molar-refractivity contribution in [1.82, 2.24) is 0 Å². The molecule has 0 saturated carbocycles. The standard InChI is InChI=1S/C9H17NO2/c1-3-4-8(2)9(7-10)12-6-5-11/h8-9,11H,3-6H2,1-2H3. The Bertz CT molecular complexity index is 142. The summed E-state index contributed by atoms with van der Waals surface area (Å²) >= 11 is 0. The Hall–Kier alpha value is -0.590. The SMILES string of the molecule is CCCC(C)C(C#N)OCCO. The topological polar surface area (TPSA) is 53.2 Å². The molecule has 0 saturated heterocycles. The van der Waals surface area contributed by atoms with Gasteiger partial charge in [-0.3, -0.25) is 0 Å². The van der Waals surface area contributed by atoms with E-state index >= 15 is 0 Å². The molecule has 0 aromatic heterocycles. The van der Waals surface area contributed by atoms with Gasteiger partial charge in [0.05, 0.1) is 19.3 Å². The maximum atomic E-state index is 8.69. The zero-order valence-electron chi connectivity index (χ0n) is 7.79.